The molecule has 21 heavy (non-hydrogen) atoms. The first-order chi connectivity index (χ1) is 9.89. The number of para-hydroxylation sites is 1. The summed E-state index contributed by atoms with van der Waals surface area (Å²) < 4.78 is 5.12. The molecule has 6 nitrogen and oxygen atoms in total. The summed E-state index contributed by atoms with van der Waals surface area (Å²) >= 11 is 0. The molecule has 0 radical (unpaired) electrons. The van der Waals surface area contributed by atoms with Crippen LogP contribution in [-0.2, 0) is 4.79 Å². The molecule has 0 fully saturated rings. The molecule has 1 aliphatic heterocycles. The smallest absolute Gasteiger partial charge is 0.339 e. The van der Waals surface area contributed by atoms with Crippen molar-refractivity contribution in [1.82, 2.24) is 5.32 Å². The average Bonchev–Trinajstić information content (AvgIpc) is 2.37. The van der Waals surface area contributed by atoms with Gasteiger partial charge in [0.2, 0.25) is 0 Å². The van der Waals surface area contributed by atoms with Crippen molar-refractivity contribution in [3.63, 3.8) is 0 Å². The van der Waals surface area contributed by atoms with E-state index in [0.29, 0.717) is 0 Å². The Morgan fingerprint density at radius 2 is 2.10 bits per heavy atom. The second-order valence-corrected chi connectivity index (χ2v) is 4.86. The van der Waals surface area contributed by atoms with Gasteiger partial charge in [-0.2, -0.15) is 0 Å². The number of carbonyl (C=O) groups excluding carboxylic acids is 1. The molecule has 0 aliphatic carbocycles. The molecule has 1 unspecified atom stereocenters. The van der Waals surface area contributed by atoms with Gasteiger partial charge in [-0.25, -0.2) is 4.79 Å². The highest BCUT2D eigenvalue weighted by atomic mass is 16.5. The lowest BCUT2D eigenvalue weighted by Gasteiger charge is -2.28. The Kier molecular flexibility index (Phi) is 4.09. The standard InChI is InChI=1S/C15H16N2O4/c1-10-6-7-17-15(16,8-10)9-13(18)21-12-5-3-2-4-11(12)14(19)20/h2-8,17H,9,16H2,1H3,(H,19,20). The van der Waals surface area contributed by atoms with E-state index in [1.807, 2.05) is 13.0 Å². The van der Waals surface area contributed by atoms with Crippen LogP contribution in [0, 0.1) is 0 Å². The fraction of sp³-hybridized carbons (Fsp3) is 0.200. The quantitative estimate of drug-likeness (QED) is 0.572. The molecule has 0 aromatic heterocycles. The predicted molar refractivity (Wildman–Crippen MR) is 76.6 cm³/mol. The first-order valence-corrected chi connectivity index (χ1v) is 6.35. The summed E-state index contributed by atoms with van der Waals surface area (Å²) in [6.07, 6.45) is 5.09. The zero-order valence-electron chi connectivity index (χ0n) is 11.5. The summed E-state index contributed by atoms with van der Waals surface area (Å²) in [7, 11) is 0. The molecule has 0 spiro atoms. The Labute approximate surface area is 121 Å². The van der Waals surface area contributed by atoms with Crippen LogP contribution in [0.3, 0.4) is 0 Å². The number of allylic oxidation sites excluding steroid dienone is 2. The Bertz CT molecular complexity index is 636. The van der Waals surface area contributed by atoms with Crippen molar-refractivity contribution in [3.8, 4) is 5.75 Å². The van der Waals surface area contributed by atoms with Crippen LogP contribution in [0.5, 0.6) is 5.75 Å². The van der Waals surface area contributed by atoms with E-state index in [9.17, 15) is 9.59 Å². The van der Waals surface area contributed by atoms with E-state index in [4.69, 9.17) is 15.6 Å². The van der Waals surface area contributed by atoms with Crippen molar-refractivity contribution in [1.29, 1.82) is 0 Å². The molecule has 2 rings (SSSR count). The third-order valence-electron chi connectivity index (χ3n) is 2.96. The number of nitrogens with two attached hydrogens (primary N) is 1. The third kappa shape index (κ3) is 3.70. The minimum absolute atomic E-state index is 0.00523. The Hall–Kier alpha value is -2.60. The van der Waals surface area contributed by atoms with Crippen LogP contribution in [0.1, 0.15) is 23.7 Å². The number of aromatic carboxylic acids is 1. The molecular formula is C15H16N2O4. The van der Waals surface area contributed by atoms with E-state index in [2.05, 4.69) is 5.32 Å². The third-order valence-corrected chi connectivity index (χ3v) is 2.96. The number of carboxylic acids is 1. The van der Waals surface area contributed by atoms with E-state index < -0.39 is 17.6 Å². The number of ether oxygens (including phenoxy) is 1. The maximum atomic E-state index is 12.0. The highest BCUT2D eigenvalue weighted by Gasteiger charge is 2.28. The Morgan fingerprint density at radius 1 is 1.38 bits per heavy atom. The van der Waals surface area contributed by atoms with Gasteiger partial charge in [-0.3, -0.25) is 4.79 Å². The van der Waals surface area contributed by atoms with Gasteiger partial charge in [0.15, 0.2) is 0 Å². The first kappa shape index (κ1) is 14.8. The topological polar surface area (TPSA) is 102 Å². The lowest BCUT2D eigenvalue weighted by atomic mass is 10.0. The number of nitrogens with one attached hydrogen (secondary N) is 1. The normalized spacial score (nSPS) is 20.4. The maximum absolute atomic E-state index is 12.0. The minimum Gasteiger partial charge on any atom is -0.478 e. The monoisotopic (exact) mass is 288 g/mol. The van der Waals surface area contributed by atoms with Gasteiger partial charge in [0.05, 0.1) is 6.42 Å². The Balaban J connectivity index is 2.10. The predicted octanol–water partition coefficient (Wildman–Crippen LogP) is 1.40. The highest BCUT2D eigenvalue weighted by molar-refractivity contribution is 5.92. The van der Waals surface area contributed by atoms with Crippen molar-refractivity contribution in [2.24, 2.45) is 5.73 Å². The van der Waals surface area contributed by atoms with E-state index in [0.717, 1.165) is 5.57 Å². The average molecular weight is 288 g/mol. The SMILES string of the molecule is CC1=CC(N)(CC(=O)Oc2ccccc2C(=O)O)NC=C1. The van der Waals surface area contributed by atoms with Gasteiger partial charge in [-0.1, -0.05) is 17.7 Å². The lowest BCUT2D eigenvalue weighted by Crippen LogP contribution is -2.52. The number of hydrogen-bond acceptors (Lipinski definition) is 5. The summed E-state index contributed by atoms with van der Waals surface area (Å²) in [6, 6.07) is 5.96. The van der Waals surface area contributed by atoms with Gasteiger partial charge >= 0.3 is 11.9 Å². The number of benzene rings is 1. The molecule has 1 atom stereocenters. The molecule has 110 valence electrons. The molecule has 0 amide bonds. The lowest BCUT2D eigenvalue weighted by molar-refractivity contribution is -0.135. The second-order valence-electron chi connectivity index (χ2n) is 4.86. The minimum atomic E-state index is -1.16. The van der Waals surface area contributed by atoms with Crippen LogP contribution in [0.4, 0.5) is 0 Å². The van der Waals surface area contributed by atoms with E-state index in [1.165, 1.54) is 12.1 Å². The number of carbonyl (C=O) groups is 2. The number of esters is 1. The fourth-order valence-corrected chi connectivity index (χ4v) is 2.06. The Morgan fingerprint density at radius 3 is 2.76 bits per heavy atom. The van der Waals surface area contributed by atoms with Crippen LogP contribution in [0.15, 0.2) is 48.2 Å². The van der Waals surface area contributed by atoms with Crippen molar-refractivity contribution >= 4 is 11.9 Å². The molecule has 1 aromatic carbocycles. The molecule has 4 N–H and O–H groups in total. The summed E-state index contributed by atoms with van der Waals surface area (Å²) in [5, 5.41) is 11.9. The van der Waals surface area contributed by atoms with Crippen molar-refractivity contribution in [3.05, 3.63) is 53.8 Å². The van der Waals surface area contributed by atoms with Crippen molar-refractivity contribution in [2.75, 3.05) is 0 Å². The van der Waals surface area contributed by atoms with E-state index in [-0.39, 0.29) is 17.7 Å². The zero-order valence-corrected chi connectivity index (χ0v) is 11.5. The fourth-order valence-electron chi connectivity index (χ4n) is 2.06. The maximum Gasteiger partial charge on any atom is 0.339 e. The van der Waals surface area contributed by atoms with Gasteiger partial charge in [0, 0.05) is 0 Å². The van der Waals surface area contributed by atoms with E-state index in [1.54, 1.807) is 24.4 Å². The number of hydrogen-bond donors (Lipinski definition) is 3. The molecule has 1 aliphatic rings. The van der Waals surface area contributed by atoms with Crippen LogP contribution in [0.25, 0.3) is 0 Å². The molecule has 1 aromatic rings. The number of dihydropyridines is 1. The molecular weight excluding hydrogens is 272 g/mol. The largest absolute Gasteiger partial charge is 0.478 e. The van der Waals surface area contributed by atoms with E-state index >= 15 is 0 Å². The van der Waals surface area contributed by atoms with Gasteiger partial charge in [-0.05, 0) is 37.4 Å². The highest BCUT2D eigenvalue weighted by Crippen LogP contribution is 2.20. The summed E-state index contributed by atoms with van der Waals surface area (Å²) in [5.41, 5.74) is 5.87. The van der Waals surface area contributed by atoms with Crippen molar-refractivity contribution in [2.45, 2.75) is 19.0 Å². The van der Waals surface area contributed by atoms with Crippen LogP contribution >= 0.6 is 0 Å². The second kappa shape index (κ2) is 5.80. The molecule has 0 bridgehead atoms. The zero-order chi connectivity index (χ0) is 15.5. The van der Waals surface area contributed by atoms with Gasteiger partial charge < -0.3 is 20.9 Å². The summed E-state index contributed by atoms with van der Waals surface area (Å²) in [5.74, 6) is -1.76. The summed E-state index contributed by atoms with van der Waals surface area (Å²) in [4.78, 5) is 23.0. The molecule has 0 saturated heterocycles. The van der Waals surface area contributed by atoms with Gasteiger partial charge in [-0.15, -0.1) is 0 Å². The van der Waals surface area contributed by atoms with Crippen LogP contribution < -0.4 is 15.8 Å². The summed E-state index contributed by atoms with van der Waals surface area (Å²) in [6.45, 7) is 1.87. The van der Waals surface area contributed by atoms with Gasteiger partial charge in [0.1, 0.15) is 17.0 Å². The molecule has 1 heterocycles. The van der Waals surface area contributed by atoms with Crippen LogP contribution in [-0.4, -0.2) is 22.7 Å². The first-order valence-electron chi connectivity index (χ1n) is 6.35. The molecule has 0 saturated carbocycles. The number of rotatable bonds is 4. The number of carboxylic acid groups (broad SMARTS) is 1. The molecule has 6 heteroatoms. The van der Waals surface area contributed by atoms with Crippen LogP contribution in [0.2, 0.25) is 0 Å². The van der Waals surface area contributed by atoms with Crippen molar-refractivity contribution < 1.29 is 19.4 Å². The van der Waals surface area contributed by atoms with Gasteiger partial charge in [0.25, 0.3) is 0 Å².